The molecule has 0 fully saturated rings. The Morgan fingerprint density at radius 3 is 2.78 bits per heavy atom. The van der Waals surface area contributed by atoms with Gasteiger partial charge in [0, 0.05) is 11.9 Å². The smallest absolute Gasteiger partial charge is 0.258 e. The van der Waals surface area contributed by atoms with E-state index in [1.54, 1.807) is 31.2 Å². The molecule has 5 heteroatoms. The van der Waals surface area contributed by atoms with E-state index in [0.717, 1.165) is 5.69 Å². The minimum atomic E-state index is -0.408. The van der Waals surface area contributed by atoms with Crippen LogP contribution in [0.4, 0.5) is 5.69 Å². The van der Waals surface area contributed by atoms with Crippen LogP contribution in [0.25, 0.3) is 0 Å². The first-order valence-corrected chi connectivity index (χ1v) is 5.67. The second kappa shape index (κ2) is 5.06. The number of anilines is 1. The zero-order chi connectivity index (χ0) is 13.1. The van der Waals surface area contributed by atoms with E-state index in [1.807, 2.05) is 0 Å². The number of benzene rings is 1. The van der Waals surface area contributed by atoms with Crippen molar-refractivity contribution in [2.45, 2.75) is 6.92 Å². The third kappa shape index (κ3) is 2.60. The Balaban J connectivity index is 2.25. The van der Waals surface area contributed by atoms with Gasteiger partial charge in [-0.25, -0.2) is 0 Å². The summed E-state index contributed by atoms with van der Waals surface area (Å²) >= 11 is 5.97. The van der Waals surface area contributed by atoms with Crippen LogP contribution in [-0.2, 0) is 0 Å². The van der Waals surface area contributed by atoms with Crippen LogP contribution in [0.3, 0.4) is 0 Å². The highest BCUT2D eigenvalue weighted by molar-refractivity contribution is 6.34. The topological polar surface area (TPSA) is 62.2 Å². The number of carbonyl (C=O) groups is 1. The summed E-state index contributed by atoms with van der Waals surface area (Å²) in [7, 11) is 0. The number of pyridine rings is 1. The lowest BCUT2D eigenvalue weighted by Gasteiger charge is -2.08. The fourth-order valence-corrected chi connectivity index (χ4v) is 1.76. The van der Waals surface area contributed by atoms with Gasteiger partial charge in [0.1, 0.15) is 5.75 Å². The van der Waals surface area contributed by atoms with Crippen molar-refractivity contribution in [3.63, 3.8) is 0 Å². The van der Waals surface area contributed by atoms with Crippen LogP contribution in [-0.4, -0.2) is 16.0 Å². The molecule has 1 heterocycles. The Morgan fingerprint density at radius 2 is 2.11 bits per heavy atom. The number of phenols is 1. The third-order valence-corrected chi connectivity index (χ3v) is 2.70. The first-order chi connectivity index (χ1) is 8.58. The second-order valence-corrected chi connectivity index (χ2v) is 4.18. The lowest BCUT2D eigenvalue weighted by Crippen LogP contribution is -2.13. The molecule has 0 atom stereocenters. The van der Waals surface area contributed by atoms with Crippen molar-refractivity contribution in [1.29, 1.82) is 0 Å². The summed E-state index contributed by atoms with van der Waals surface area (Å²) in [4.78, 5) is 16.0. The van der Waals surface area contributed by atoms with Crippen molar-refractivity contribution in [2.24, 2.45) is 0 Å². The average molecular weight is 263 g/mol. The van der Waals surface area contributed by atoms with E-state index in [1.165, 1.54) is 12.3 Å². The second-order valence-electron chi connectivity index (χ2n) is 3.78. The molecule has 0 radical (unpaired) electrons. The zero-order valence-corrected chi connectivity index (χ0v) is 10.4. The van der Waals surface area contributed by atoms with Crippen molar-refractivity contribution in [2.75, 3.05) is 5.32 Å². The number of phenolic OH excluding ortho intramolecular Hbond substituents is 1. The molecule has 1 aromatic heterocycles. The molecule has 18 heavy (non-hydrogen) atoms. The van der Waals surface area contributed by atoms with E-state index in [9.17, 15) is 9.90 Å². The van der Waals surface area contributed by atoms with Gasteiger partial charge in [-0.1, -0.05) is 23.7 Å². The van der Waals surface area contributed by atoms with Crippen molar-refractivity contribution in [3.8, 4) is 5.75 Å². The lowest BCUT2D eigenvalue weighted by molar-refractivity contribution is 0.102. The molecule has 0 bridgehead atoms. The number of halogens is 1. The summed E-state index contributed by atoms with van der Waals surface area (Å²) in [6, 6.07) is 8.09. The summed E-state index contributed by atoms with van der Waals surface area (Å²) < 4.78 is 0. The number of rotatable bonds is 2. The van der Waals surface area contributed by atoms with Gasteiger partial charge >= 0.3 is 0 Å². The van der Waals surface area contributed by atoms with Crippen molar-refractivity contribution in [1.82, 2.24) is 4.98 Å². The molecule has 1 aromatic carbocycles. The Labute approximate surface area is 109 Å². The largest absolute Gasteiger partial charge is 0.506 e. The lowest BCUT2D eigenvalue weighted by atomic mass is 10.2. The fourth-order valence-electron chi connectivity index (χ4n) is 1.46. The van der Waals surface area contributed by atoms with Crippen LogP contribution >= 0.6 is 11.6 Å². The van der Waals surface area contributed by atoms with Gasteiger partial charge in [0.25, 0.3) is 5.91 Å². The van der Waals surface area contributed by atoms with Gasteiger partial charge in [0.15, 0.2) is 0 Å². The zero-order valence-electron chi connectivity index (χ0n) is 9.64. The number of aryl methyl sites for hydroxylation is 1. The molecule has 92 valence electrons. The van der Waals surface area contributed by atoms with E-state index in [-0.39, 0.29) is 11.3 Å². The minimum Gasteiger partial charge on any atom is -0.506 e. The maximum absolute atomic E-state index is 12.0. The number of carbonyl (C=O) groups excluding carboxylic acids is 1. The van der Waals surface area contributed by atoms with Gasteiger partial charge in [0.05, 0.1) is 16.3 Å². The molecule has 2 N–H and O–H groups in total. The highest BCUT2D eigenvalue weighted by Crippen LogP contribution is 2.23. The predicted octanol–water partition coefficient (Wildman–Crippen LogP) is 3.00. The molecule has 0 aliphatic rings. The van der Waals surface area contributed by atoms with Crippen LogP contribution < -0.4 is 5.32 Å². The molecular weight excluding hydrogens is 252 g/mol. The average Bonchev–Trinajstić information content (AvgIpc) is 2.32. The molecule has 4 nitrogen and oxygen atoms in total. The number of hydrogen-bond acceptors (Lipinski definition) is 3. The molecule has 0 unspecified atom stereocenters. The molecule has 2 aromatic rings. The Kier molecular flexibility index (Phi) is 3.48. The number of aromatic nitrogens is 1. The molecule has 1 amide bonds. The molecule has 0 saturated carbocycles. The number of aromatic hydroxyl groups is 1. The van der Waals surface area contributed by atoms with Gasteiger partial charge < -0.3 is 10.4 Å². The molecular formula is C13H11ClN2O2. The fraction of sp³-hybridized carbons (Fsp3) is 0.0769. The standard InChI is InChI=1S/C13H11ClN2O2/c1-8-6-10(14)9(7-15-8)13(18)16-11-4-2-3-5-12(11)17/h2-7,17H,1H3,(H,16,18). The van der Waals surface area contributed by atoms with Gasteiger partial charge in [-0.2, -0.15) is 0 Å². The van der Waals surface area contributed by atoms with E-state index in [0.29, 0.717) is 10.7 Å². The first kappa shape index (κ1) is 12.4. The van der Waals surface area contributed by atoms with Crippen molar-refractivity contribution < 1.29 is 9.90 Å². The van der Waals surface area contributed by atoms with E-state index in [2.05, 4.69) is 10.3 Å². The Bertz CT molecular complexity index is 599. The SMILES string of the molecule is Cc1cc(Cl)c(C(=O)Nc2ccccc2O)cn1. The molecule has 0 spiro atoms. The quantitative estimate of drug-likeness (QED) is 0.818. The summed E-state index contributed by atoms with van der Waals surface area (Å²) in [5.74, 6) is -0.406. The number of nitrogens with zero attached hydrogens (tertiary/aromatic N) is 1. The van der Waals surface area contributed by atoms with Gasteiger partial charge in [-0.3, -0.25) is 9.78 Å². The van der Waals surface area contributed by atoms with E-state index >= 15 is 0 Å². The Hall–Kier alpha value is -2.07. The molecule has 0 aliphatic heterocycles. The van der Waals surface area contributed by atoms with Crippen LogP contribution in [0.2, 0.25) is 5.02 Å². The van der Waals surface area contributed by atoms with Crippen molar-refractivity contribution >= 4 is 23.2 Å². The molecule has 0 saturated heterocycles. The maximum atomic E-state index is 12.0. The number of para-hydroxylation sites is 2. The molecule has 0 aliphatic carbocycles. The van der Waals surface area contributed by atoms with Gasteiger partial charge in [0.2, 0.25) is 0 Å². The summed E-state index contributed by atoms with van der Waals surface area (Å²) in [5.41, 5.74) is 1.34. The van der Waals surface area contributed by atoms with Crippen LogP contribution in [0.5, 0.6) is 5.75 Å². The van der Waals surface area contributed by atoms with Crippen molar-refractivity contribution in [3.05, 3.63) is 52.8 Å². The van der Waals surface area contributed by atoms with Crippen LogP contribution in [0, 0.1) is 6.92 Å². The van der Waals surface area contributed by atoms with E-state index < -0.39 is 5.91 Å². The summed E-state index contributed by atoms with van der Waals surface area (Å²) in [6.07, 6.45) is 1.41. The summed E-state index contributed by atoms with van der Waals surface area (Å²) in [6.45, 7) is 1.79. The summed E-state index contributed by atoms with van der Waals surface area (Å²) in [5, 5.41) is 12.5. The number of hydrogen-bond donors (Lipinski definition) is 2. The molecule has 2 rings (SSSR count). The maximum Gasteiger partial charge on any atom is 0.258 e. The third-order valence-electron chi connectivity index (χ3n) is 2.39. The first-order valence-electron chi connectivity index (χ1n) is 5.29. The number of nitrogens with one attached hydrogen (secondary N) is 1. The monoisotopic (exact) mass is 262 g/mol. The number of amides is 1. The normalized spacial score (nSPS) is 10.1. The van der Waals surface area contributed by atoms with Gasteiger partial charge in [-0.05, 0) is 25.1 Å². The predicted molar refractivity (Wildman–Crippen MR) is 70.0 cm³/mol. The minimum absolute atomic E-state index is 0.00189. The highest BCUT2D eigenvalue weighted by atomic mass is 35.5. The Morgan fingerprint density at radius 1 is 1.39 bits per heavy atom. The van der Waals surface area contributed by atoms with Crippen LogP contribution in [0.1, 0.15) is 16.1 Å². The highest BCUT2D eigenvalue weighted by Gasteiger charge is 2.12. The van der Waals surface area contributed by atoms with Gasteiger partial charge in [-0.15, -0.1) is 0 Å². The van der Waals surface area contributed by atoms with E-state index in [4.69, 9.17) is 11.6 Å². The van der Waals surface area contributed by atoms with Crippen LogP contribution in [0.15, 0.2) is 36.5 Å².